The van der Waals surface area contributed by atoms with Gasteiger partial charge in [0.1, 0.15) is 0 Å². The summed E-state index contributed by atoms with van der Waals surface area (Å²) < 4.78 is 0. The normalized spacial score (nSPS) is 31.2. The van der Waals surface area contributed by atoms with Crippen LogP contribution >= 0.6 is 0 Å². The molecule has 0 nitrogen and oxygen atoms in total. The van der Waals surface area contributed by atoms with Gasteiger partial charge >= 0.3 is 0 Å². The van der Waals surface area contributed by atoms with Crippen molar-refractivity contribution in [3.8, 4) is 0 Å². The summed E-state index contributed by atoms with van der Waals surface area (Å²) in [5.74, 6) is 0. The molecule has 0 unspecified atom stereocenters. The van der Waals surface area contributed by atoms with Crippen LogP contribution in [0.3, 0.4) is 0 Å². The van der Waals surface area contributed by atoms with E-state index in [1.54, 1.807) is 51.4 Å². The van der Waals surface area contributed by atoms with Crippen molar-refractivity contribution >= 4 is 0 Å². The lowest BCUT2D eigenvalue weighted by Gasteiger charge is -2.38. The molecule has 0 aromatic heterocycles. The van der Waals surface area contributed by atoms with Crippen molar-refractivity contribution in [1.82, 2.24) is 0 Å². The second-order valence-electron chi connectivity index (χ2n) is 8.54. The molecule has 4 rings (SSSR count). The Balaban J connectivity index is 0.000000131. The smallest absolute Gasteiger partial charge is 0.0297 e. The quantitative estimate of drug-likeness (QED) is 0.446. The first kappa shape index (κ1) is 14.9. The molecule has 0 aliphatic heterocycles. The highest BCUT2D eigenvalue weighted by Gasteiger charge is 2.38. The highest BCUT2D eigenvalue weighted by atomic mass is 14.4. The van der Waals surface area contributed by atoms with E-state index < -0.39 is 0 Å². The van der Waals surface area contributed by atoms with Gasteiger partial charge in [0.25, 0.3) is 0 Å². The Hall–Kier alpha value is 0. The molecule has 0 atom stereocenters. The zero-order valence-corrected chi connectivity index (χ0v) is 13.7. The number of rotatable bonds is 0. The van der Waals surface area contributed by atoms with Gasteiger partial charge in [0.2, 0.25) is 0 Å². The largest absolute Gasteiger partial charge is 0.0533 e. The summed E-state index contributed by atoms with van der Waals surface area (Å²) in [5.41, 5.74) is 1.76. The predicted octanol–water partition coefficient (Wildman–Crippen LogP) is 7.02. The molecule has 4 aliphatic carbocycles. The van der Waals surface area contributed by atoms with Crippen LogP contribution in [0.2, 0.25) is 0 Å². The summed E-state index contributed by atoms with van der Waals surface area (Å²) in [6, 6.07) is 0. The SMILES string of the molecule is C1CCC2(C1)CCC2.C1CCCC2(CC1)CCCCC2. The van der Waals surface area contributed by atoms with E-state index in [0.29, 0.717) is 0 Å². The summed E-state index contributed by atoms with van der Waals surface area (Å²) in [6.07, 6.45) is 27.7. The van der Waals surface area contributed by atoms with Crippen LogP contribution in [0.25, 0.3) is 0 Å². The number of hydrogen-bond donors (Lipinski definition) is 0. The van der Waals surface area contributed by atoms with Gasteiger partial charge in [-0.15, -0.1) is 0 Å². The molecule has 20 heavy (non-hydrogen) atoms. The van der Waals surface area contributed by atoms with Crippen molar-refractivity contribution in [2.24, 2.45) is 10.8 Å². The van der Waals surface area contributed by atoms with E-state index in [1.165, 1.54) is 64.2 Å². The molecule has 116 valence electrons. The fourth-order valence-electron chi connectivity index (χ4n) is 5.58. The van der Waals surface area contributed by atoms with Crippen molar-refractivity contribution in [2.75, 3.05) is 0 Å². The van der Waals surface area contributed by atoms with Crippen LogP contribution in [0.15, 0.2) is 0 Å². The lowest BCUT2D eigenvalue weighted by Crippen LogP contribution is -2.24. The molecule has 4 saturated carbocycles. The lowest BCUT2D eigenvalue weighted by molar-refractivity contribution is 0.144. The number of hydrogen-bond acceptors (Lipinski definition) is 0. The van der Waals surface area contributed by atoms with Gasteiger partial charge in [0.15, 0.2) is 0 Å². The maximum Gasteiger partial charge on any atom is -0.0297 e. The highest BCUT2D eigenvalue weighted by molar-refractivity contribution is 4.91. The standard InChI is InChI=1S/C12H22.C8H14/c1-2-5-9-12(8-4-1)10-6-3-7-11-12;1-2-5-8(4-1)6-3-7-8/h1-11H2;1-7H2. The summed E-state index contributed by atoms with van der Waals surface area (Å²) in [5, 5.41) is 0. The van der Waals surface area contributed by atoms with Crippen LogP contribution in [0, 0.1) is 10.8 Å². The van der Waals surface area contributed by atoms with Gasteiger partial charge in [0.05, 0.1) is 0 Å². The summed E-state index contributed by atoms with van der Waals surface area (Å²) in [6.45, 7) is 0. The summed E-state index contributed by atoms with van der Waals surface area (Å²) in [7, 11) is 0. The van der Waals surface area contributed by atoms with E-state index in [-0.39, 0.29) is 0 Å². The Kier molecular flexibility index (Phi) is 5.10. The van der Waals surface area contributed by atoms with E-state index >= 15 is 0 Å². The Morgan fingerprint density at radius 3 is 0.800 bits per heavy atom. The second-order valence-corrected chi connectivity index (χ2v) is 8.54. The Bertz CT molecular complexity index is 262. The molecule has 0 saturated heterocycles. The summed E-state index contributed by atoms with van der Waals surface area (Å²) in [4.78, 5) is 0. The van der Waals surface area contributed by atoms with Gasteiger partial charge in [-0.2, -0.15) is 0 Å². The third-order valence-electron chi connectivity index (χ3n) is 7.16. The Morgan fingerprint density at radius 1 is 0.250 bits per heavy atom. The van der Waals surface area contributed by atoms with Gasteiger partial charge in [-0.3, -0.25) is 0 Å². The lowest BCUT2D eigenvalue weighted by atomic mass is 9.68. The van der Waals surface area contributed by atoms with Gasteiger partial charge in [-0.25, -0.2) is 0 Å². The topological polar surface area (TPSA) is 0 Å². The first-order valence-electron chi connectivity index (χ1n) is 9.83. The molecule has 0 bridgehead atoms. The third kappa shape index (κ3) is 3.60. The van der Waals surface area contributed by atoms with Gasteiger partial charge in [-0.1, -0.05) is 64.2 Å². The molecular weight excluding hydrogens is 240 g/mol. The van der Waals surface area contributed by atoms with Crippen LogP contribution in [-0.4, -0.2) is 0 Å². The molecule has 4 fully saturated rings. The molecule has 0 radical (unpaired) electrons. The van der Waals surface area contributed by atoms with Crippen LogP contribution in [0.5, 0.6) is 0 Å². The van der Waals surface area contributed by atoms with Crippen LogP contribution in [0.1, 0.15) is 116 Å². The summed E-state index contributed by atoms with van der Waals surface area (Å²) >= 11 is 0. The molecule has 4 aliphatic rings. The van der Waals surface area contributed by atoms with Gasteiger partial charge in [-0.05, 0) is 62.2 Å². The van der Waals surface area contributed by atoms with E-state index in [1.807, 2.05) is 0 Å². The molecule has 2 spiro atoms. The zero-order chi connectivity index (χ0) is 13.7. The van der Waals surface area contributed by atoms with Crippen molar-refractivity contribution in [2.45, 2.75) is 116 Å². The molecule has 0 aromatic rings. The van der Waals surface area contributed by atoms with Gasteiger partial charge < -0.3 is 0 Å². The maximum absolute atomic E-state index is 1.56. The molecule has 0 aromatic carbocycles. The van der Waals surface area contributed by atoms with Crippen molar-refractivity contribution in [3.05, 3.63) is 0 Å². The van der Waals surface area contributed by atoms with Crippen LogP contribution in [-0.2, 0) is 0 Å². The van der Waals surface area contributed by atoms with Gasteiger partial charge in [0, 0.05) is 0 Å². The minimum Gasteiger partial charge on any atom is -0.0533 e. The highest BCUT2D eigenvalue weighted by Crippen LogP contribution is 2.52. The molecular formula is C20H36. The zero-order valence-electron chi connectivity index (χ0n) is 13.7. The fraction of sp³-hybridized carbons (Fsp3) is 1.00. The Morgan fingerprint density at radius 2 is 0.500 bits per heavy atom. The van der Waals surface area contributed by atoms with Crippen molar-refractivity contribution < 1.29 is 0 Å². The maximum atomic E-state index is 1.56. The minimum atomic E-state index is 0.842. The van der Waals surface area contributed by atoms with E-state index in [2.05, 4.69) is 0 Å². The molecule has 0 heterocycles. The van der Waals surface area contributed by atoms with Crippen LogP contribution in [0.4, 0.5) is 0 Å². The van der Waals surface area contributed by atoms with Crippen LogP contribution < -0.4 is 0 Å². The predicted molar refractivity (Wildman–Crippen MR) is 88.0 cm³/mol. The molecule has 0 N–H and O–H groups in total. The molecule has 0 amide bonds. The van der Waals surface area contributed by atoms with Crippen molar-refractivity contribution in [1.29, 1.82) is 0 Å². The molecule has 0 heteroatoms. The average Bonchev–Trinajstić information content (AvgIpc) is 2.86. The fourth-order valence-corrected chi connectivity index (χ4v) is 5.58. The van der Waals surface area contributed by atoms with E-state index in [9.17, 15) is 0 Å². The minimum absolute atomic E-state index is 0.842. The van der Waals surface area contributed by atoms with Crippen molar-refractivity contribution in [3.63, 3.8) is 0 Å². The van der Waals surface area contributed by atoms with E-state index in [0.717, 1.165) is 10.8 Å². The second kappa shape index (κ2) is 6.84. The third-order valence-corrected chi connectivity index (χ3v) is 7.16. The first-order valence-corrected chi connectivity index (χ1v) is 9.83. The Labute approximate surface area is 127 Å². The first-order chi connectivity index (χ1) is 9.83. The average molecular weight is 277 g/mol. The van der Waals surface area contributed by atoms with E-state index in [4.69, 9.17) is 0 Å². The monoisotopic (exact) mass is 276 g/mol.